The molecule has 0 aliphatic rings. The number of hydrogen-bond donors (Lipinski definition) is 2. The van der Waals surface area contributed by atoms with E-state index in [1.165, 1.54) is 6.07 Å². The van der Waals surface area contributed by atoms with Crippen molar-refractivity contribution < 1.29 is 9.90 Å². The topological polar surface area (TPSA) is 49.3 Å². The lowest BCUT2D eigenvalue weighted by Crippen LogP contribution is -2.15. The Kier molecular flexibility index (Phi) is 4.96. The highest BCUT2D eigenvalue weighted by molar-refractivity contribution is 7.99. The largest absolute Gasteiger partial charge is 0.478 e. The molecule has 1 unspecified atom stereocenters. The molecule has 16 heavy (non-hydrogen) atoms. The van der Waals surface area contributed by atoms with Gasteiger partial charge in [0.1, 0.15) is 0 Å². The minimum atomic E-state index is -0.948. The molecule has 0 saturated heterocycles. The lowest BCUT2D eigenvalue weighted by Gasteiger charge is -2.13. The van der Waals surface area contributed by atoms with Gasteiger partial charge in [0.2, 0.25) is 0 Å². The minimum absolute atomic E-state index is 0.248. The highest BCUT2D eigenvalue weighted by Gasteiger charge is 2.10. The van der Waals surface area contributed by atoms with Crippen molar-refractivity contribution in [1.29, 1.82) is 0 Å². The summed E-state index contributed by atoms with van der Waals surface area (Å²) in [4.78, 5) is 11.0. The van der Waals surface area contributed by atoms with Crippen molar-refractivity contribution >= 4 is 35.0 Å². The zero-order chi connectivity index (χ0) is 12.1. The molecule has 5 heteroatoms. The second-order valence-corrected chi connectivity index (χ2v) is 5.13. The number of aromatic carboxylic acids is 1. The van der Waals surface area contributed by atoms with Crippen molar-refractivity contribution in [3.05, 3.63) is 28.8 Å². The zero-order valence-corrected chi connectivity index (χ0v) is 10.7. The van der Waals surface area contributed by atoms with Gasteiger partial charge in [-0.1, -0.05) is 18.5 Å². The van der Waals surface area contributed by atoms with Gasteiger partial charge in [-0.05, 0) is 24.5 Å². The third-order valence-corrected chi connectivity index (χ3v) is 3.40. The van der Waals surface area contributed by atoms with Crippen molar-refractivity contribution in [1.82, 2.24) is 0 Å². The summed E-state index contributed by atoms with van der Waals surface area (Å²) in [6.07, 6.45) is 2.02. The number of benzene rings is 1. The Hall–Kier alpha value is -0.870. The summed E-state index contributed by atoms with van der Waals surface area (Å²) in [7, 11) is 0. The molecule has 1 atom stereocenters. The molecule has 0 bridgehead atoms. The number of thioether (sulfide) groups is 1. The maximum absolute atomic E-state index is 11.0. The predicted octanol–water partition coefficient (Wildman–Crippen LogP) is 3.20. The van der Waals surface area contributed by atoms with Gasteiger partial charge in [-0.3, -0.25) is 0 Å². The molecule has 0 radical (unpaired) electrons. The number of carbonyl (C=O) groups is 1. The van der Waals surface area contributed by atoms with E-state index >= 15 is 0 Å². The van der Waals surface area contributed by atoms with Gasteiger partial charge in [0.05, 0.1) is 11.3 Å². The van der Waals surface area contributed by atoms with E-state index in [4.69, 9.17) is 16.7 Å². The first-order chi connectivity index (χ1) is 7.54. The molecule has 88 valence electrons. The maximum atomic E-state index is 11.0. The van der Waals surface area contributed by atoms with Crippen LogP contribution in [0.1, 0.15) is 17.3 Å². The van der Waals surface area contributed by atoms with Gasteiger partial charge in [0.25, 0.3) is 0 Å². The Morgan fingerprint density at radius 2 is 2.31 bits per heavy atom. The third kappa shape index (κ3) is 3.61. The summed E-state index contributed by atoms with van der Waals surface area (Å²) in [6, 6.07) is 4.73. The fraction of sp³-hybridized carbons (Fsp3) is 0.364. The Balaban J connectivity index is 2.84. The van der Waals surface area contributed by atoms with Crippen molar-refractivity contribution in [2.45, 2.75) is 12.2 Å². The first-order valence-corrected chi connectivity index (χ1v) is 6.50. The van der Waals surface area contributed by atoms with Gasteiger partial charge < -0.3 is 10.4 Å². The lowest BCUT2D eigenvalue weighted by atomic mass is 10.2. The highest BCUT2D eigenvalue weighted by Crippen LogP contribution is 2.21. The lowest BCUT2D eigenvalue weighted by molar-refractivity contribution is 0.0698. The molecular formula is C11H14ClNO2S. The number of hydrogen-bond acceptors (Lipinski definition) is 3. The van der Waals surface area contributed by atoms with Crippen molar-refractivity contribution in [2.24, 2.45) is 0 Å². The minimum Gasteiger partial charge on any atom is -0.478 e. The fourth-order valence-electron chi connectivity index (χ4n) is 1.19. The summed E-state index contributed by atoms with van der Waals surface area (Å²) in [6.45, 7) is 2.78. The first-order valence-electron chi connectivity index (χ1n) is 4.84. The van der Waals surface area contributed by atoms with E-state index in [1.54, 1.807) is 23.9 Å². The average molecular weight is 260 g/mol. The maximum Gasteiger partial charge on any atom is 0.337 e. The molecule has 0 amide bonds. The second-order valence-electron chi connectivity index (χ2n) is 3.42. The number of halogens is 1. The van der Waals surface area contributed by atoms with Crippen LogP contribution in [-0.2, 0) is 0 Å². The first kappa shape index (κ1) is 13.2. The van der Waals surface area contributed by atoms with Gasteiger partial charge in [-0.25, -0.2) is 4.79 Å². The molecule has 0 aliphatic carbocycles. The molecule has 0 aliphatic heterocycles. The molecule has 1 rings (SSSR count). The van der Waals surface area contributed by atoms with E-state index in [1.807, 2.05) is 6.26 Å². The van der Waals surface area contributed by atoms with Crippen molar-refractivity contribution in [2.75, 3.05) is 18.1 Å². The molecule has 0 saturated carbocycles. The Morgan fingerprint density at radius 1 is 1.62 bits per heavy atom. The summed E-state index contributed by atoms with van der Waals surface area (Å²) < 4.78 is 0. The normalized spacial score (nSPS) is 12.2. The standard InChI is InChI=1S/C11H14ClNO2S/c1-7(16-2)6-13-10-5-8(12)3-4-9(10)11(14)15/h3-5,7,13H,6H2,1-2H3,(H,14,15). The van der Waals surface area contributed by atoms with E-state index in [-0.39, 0.29) is 5.56 Å². The van der Waals surface area contributed by atoms with Crippen molar-refractivity contribution in [3.8, 4) is 0 Å². The number of carboxylic acids is 1. The molecule has 1 aromatic rings. The van der Waals surface area contributed by atoms with Crippen LogP contribution in [0.3, 0.4) is 0 Å². The van der Waals surface area contributed by atoms with Crippen molar-refractivity contribution in [3.63, 3.8) is 0 Å². The van der Waals surface area contributed by atoms with Crippen LogP contribution in [0.25, 0.3) is 0 Å². The van der Waals surface area contributed by atoms with Crippen LogP contribution >= 0.6 is 23.4 Å². The molecule has 2 N–H and O–H groups in total. The van der Waals surface area contributed by atoms with Gasteiger partial charge in [-0.15, -0.1) is 0 Å². The Bertz CT molecular complexity index is 384. The summed E-state index contributed by atoms with van der Waals surface area (Å²) >= 11 is 7.55. The van der Waals surface area contributed by atoms with E-state index in [0.29, 0.717) is 22.5 Å². The summed E-state index contributed by atoms with van der Waals surface area (Å²) in [5.41, 5.74) is 0.818. The van der Waals surface area contributed by atoms with E-state index in [2.05, 4.69) is 12.2 Å². The Labute approximate surface area is 104 Å². The average Bonchev–Trinajstić information content (AvgIpc) is 2.25. The molecule has 0 heterocycles. The van der Waals surface area contributed by atoms with Gasteiger partial charge >= 0.3 is 5.97 Å². The van der Waals surface area contributed by atoms with Crippen LogP contribution in [0.15, 0.2) is 18.2 Å². The third-order valence-electron chi connectivity index (χ3n) is 2.19. The van der Waals surface area contributed by atoms with Crippen LogP contribution < -0.4 is 5.32 Å². The second kappa shape index (κ2) is 6.01. The van der Waals surface area contributed by atoms with Crippen LogP contribution in [0.4, 0.5) is 5.69 Å². The van der Waals surface area contributed by atoms with Crippen LogP contribution in [0.2, 0.25) is 5.02 Å². The molecule has 1 aromatic carbocycles. The van der Waals surface area contributed by atoms with E-state index < -0.39 is 5.97 Å². The molecular weight excluding hydrogens is 246 g/mol. The van der Waals surface area contributed by atoms with Crippen LogP contribution in [-0.4, -0.2) is 29.1 Å². The molecule has 0 spiro atoms. The summed E-state index contributed by atoms with van der Waals surface area (Å²) in [5.74, 6) is -0.948. The Morgan fingerprint density at radius 3 is 2.88 bits per heavy atom. The quantitative estimate of drug-likeness (QED) is 0.853. The number of carboxylic acid groups (broad SMARTS) is 1. The molecule has 3 nitrogen and oxygen atoms in total. The number of rotatable bonds is 5. The monoisotopic (exact) mass is 259 g/mol. The van der Waals surface area contributed by atoms with Crippen LogP contribution in [0.5, 0.6) is 0 Å². The van der Waals surface area contributed by atoms with Gasteiger partial charge in [0, 0.05) is 16.8 Å². The molecule has 0 fully saturated rings. The predicted molar refractivity (Wildman–Crippen MR) is 69.9 cm³/mol. The summed E-state index contributed by atoms with van der Waals surface area (Å²) in [5, 5.41) is 13.0. The zero-order valence-electron chi connectivity index (χ0n) is 9.16. The number of nitrogens with one attached hydrogen (secondary N) is 1. The van der Waals surface area contributed by atoms with E-state index in [0.717, 1.165) is 0 Å². The van der Waals surface area contributed by atoms with Gasteiger partial charge in [0.15, 0.2) is 0 Å². The van der Waals surface area contributed by atoms with Gasteiger partial charge in [-0.2, -0.15) is 11.8 Å². The number of anilines is 1. The van der Waals surface area contributed by atoms with Crippen LogP contribution in [0, 0.1) is 0 Å². The fourth-order valence-corrected chi connectivity index (χ4v) is 1.61. The SMILES string of the molecule is CSC(C)CNc1cc(Cl)ccc1C(=O)O. The smallest absolute Gasteiger partial charge is 0.337 e. The van der Waals surface area contributed by atoms with E-state index in [9.17, 15) is 4.79 Å². The highest BCUT2D eigenvalue weighted by atomic mass is 35.5. The molecule has 0 aromatic heterocycles.